The number of nitrogens with one attached hydrogen (secondary N) is 1. The molecule has 0 atom stereocenters. The molecule has 8 nitrogen and oxygen atoms in total. The number of sulfonamides is 1. The van der Waals surface area contributed by atoms with E-state index in [-0.39, 0.29) is 23.9 Å². The predicted molar refractivity (Wildman–Crippen MR) is 127 cm³/mol. The smallest absolute Gasteiger partial charge is 0.243 e. The van der Waals surface area contributed by atoms with Gasteiger partial charge in [0, 0.05) is 32.7 Å². The fraction of sp³-hybridized carbons (Fsp3) is 0.458. The maximum Gasteiger partial charge on any atom is 0.243 e. The van der Waals surface area contributed by atoms with E-state index in [1.54, 1.807) is 26.2 Å². The SMILES string of the molecule is COc1ccc(S(=O)(=O)N(CCc2ccccc2)CC(=O)NCCN2CCOCC2)cc1C. The Morgan fingerprint density at radius 1 is 1.15 bits per heavy atom. The van der Waals surface area contributed by atoms with Crippen LogP contribution in [-0.4, -0.2) is 83.1 Å². The van der Waals surface area contributed by atoms with Gasteiger partial charge in [-0.15, -0.1) is 0 Å². The summed E-state index contributed by atoms with van der Waals surface area (Å²) < 4.78 is 38.7. The topological polar surface area (TPSA) is 88.2 Å². The Kier molecular flexibility index (Phi) is 9.25. The van der Waals surface area contributed by atoms with Gasteiger partial charge < -0.3 is 14.8 Å². The standard InChI is InChI=1S/C24H33N3O5S/c1-20-18-22(8-9-23(20)31-2)33(29,30)27(12-10-21-6-4-3-5-7-21)19-24(28)25-11-13-26-14-16-32-17-15-26/h3-9,18H,10-17,19H2,1-2H3,(H,25,28). The molecule has 1 aliphatic rings. The molecule has 1 heterocycles. The molecule has 0 aliphatic carbocycles. The van der Waals surface area contributed by atoms with Crippen molar-refractivity contribution in [2.24, 2.45) is 0 Å². The molecule has 2 aromatic rings. The van der Waals surface area contributed by atoms with E-state index in [9.17, 15) is 13.2 Å². The van der Waals surface area contributed by atoms with Crippen LogP contribution in [0.4, 0.5) is 0 Å². The van der Waals surface area contributed by atoms with Crippen molar-refractivity contribution in [3.63, 3.8) is 0 Å². The number of hydrogen-bond acceptors (Lipinski definition) is 6. The van der Waals surface area contributed by atoms with Crippen LogP contribution in [0, 0.1) is 6.92 Å². The van der Waals surface area contributed by atoms with Gasteiger partial charge in [-0.05, 0) is 42.7 Å². The lowest BCUT2D eigenvalue weighted by atomic mass is 10.1. The predicted octanol–water partition coefficient (Wildman–Crippen LogP) is 1.69. The molecule has 0 spiro atoms. The average Bonchev–Trinajstić information content (AvgIpc) is 2.83. The van der Waals surface area contributed by atoms with Crippen LogP contribution < -0.4 is 10.1 Å². The summed E-state index contributed by atoms with van der Waals surface area (Å²) in [6.45, 7) is 6.01. The van der Waals surface area contributed by atoms with Crippen LogP contribution in [0.15, 0.2) is 53.4 Å². The summed E-state index contributed by atoms with van der Waals surface area (Å²) in [7, 11) is -2.32. The second-order valence-corrected chi connectivity index (χ2v) is 9.95. The largest absolute Gasteiger partial charge is 0.496 e. The highest BCUT2D eigenvalue weighted by atomic mass is 32.2. The van der Waals surface area contributed by atoms with Gasteiger partial charge in [-0.1, -0.05) is 30.3 Å². The molecular weight excluding hydrogens is 442 g/mol. The molecule has 0 saturated carbocycles. The molecule has 1 fully saturated rings. The van der Waals surface area contributed by atoms with Gasteiger partial charge in [-0.25, -0.2) is 8.42 Å². The van der Waals surface area contributed by atoms with Gasteiger partial charge in [0.05, 0.1) is 31.8 Å². The van der Waals surface area contributed by atoms with E-state index < -0.39 is 10.0 Å². The Bertz CT molecular complexity index is 1010. The van der Waals surface area contributed by atoms with Crippen molar-refractivity contribution in [3.05, 3.63) is 59.7 Å². The number of ether oxygens (including phenoxy) is 2. The zero-order chi connectivity index (χ0) is 23.7. The Morgan fingerprint density at radius 2 is 1.88 bits per heavy atom. The van der Waals surface area contributed by atoms with Gasteiger partial charge in [0.15, 0.2) is 0 Å². The van der Waals surface area contributed by atoms with Crippen molar-refractivity contribution < 1.29 is 22.7 Å². The fourth-order valence-corrected chi connectivity index (χ4v) is 5.22. The molecule has 1 N–H and O–H groups in total. The maximum absolute atomic E-state index is 13.4. The maximum atomic E-state index is 13.4. The Morgan fingerprint density at radius 3 is 2.55 bits per heavy atom. The van der Waals surface area contributed by atoms with Crippen molar-refractivity contribution in [2.45, 2.75) is 18.2 Å². The second-order valence-electron chi connectivity index (χ2n) is 8.01. The van der Waals surface area contributed by atoms with E-state index in [1.807, 2.05) is 30.3 Å². The summed E-state index contributed by atoms with van der Waals surface area (Å²) in [6, 6.07) is 14.4. The minimum Gasteiger partial charge on any atom is -0.496 e. The molecule has 0 bridgehead atoms. The van der Waals surface area contributed by atoms with Crippen molar-refractivity contribution in [3.8, 4) is 5.75 Å². The average molecular weight is 476 g/mol. The summed E-state index contributed by atoms with van der Waals surface area (Å²) in [5.41, 5.74) is 1.73. The number of methoxy groups -OCH3 is 1. The van der Waals surface area contributed by atoms with E-state index in [1.165, 1.54) is 10.4 Å². The lowest BCUT2D eigenvalue weighted by molar-refractivity contribution is -0.121. The fourth-order valence-electron chi connectivity index (χ4n) is 3.74. The van der Waals surface area contributed by atoms with Gasteiger partial charge in [-0.3, -0.25) is 9.69 Å². The number of benzene rings is 2. The zero-order valence-corrected chi connectivity index (χ0v) is 20.1. The van der Waals surface area contributed by atoms with Crippen molar-refractivity contribution in [1.82, 2.24) is 14.5 Å². The minimum absolute atomic E-state index is 0.148. The van der Waals surface area contributed by atoms with Crippen LogP contribution in [0.1, 0.15) is 11.1 Å². The van der Waals surface area contributed by atoms with E-state index in [2.05, 4.69) is 10.2 Å². The Balaban J connectivity index is 1.69. The molecule has 33 heavy (non-hydrogen) atoms. The minimum atomic E-state index is -3.87. The lowest BCUT2D eigenvalue weighted by Crippen LogP contribution is -2.45. The summed E-state index contributed by atoms with van der Waals surface area (Å²) >= 11 is 0. The number of rotatable bonds is 11. The van der Waals surface area contributed by atoms with Gasteiger partial charge in [0.1, 0.15) is 5.75 Å². The first-order valence-corrected chi connectivity index (χ1v) is 12.6. The first-order chi connectivity index (χ1) is 15.9. The number of hydrogen-bond donors (Lipinski definition) is 1. The summed E-state index contributed by atoms with van der Waals surface area (Å²) in [4.78, 5) is 15.0. The second kappa shape index (κ2) is 12.1. The van der Waals surface area contributed by atoms with Crippen LogP contribution in [0.2, 0.25) is 0 Å². The van der Waals surface area contributed by atoms with Gasteiger partial charge in [0.2, 0.25) is 15.9 Å². The van der Waals surface area contributed by atoms with Gasteiger partial charge >= 0.3 is 0 Å². The molecule has 3 rings (SSSR count). The first-order valence-electron chi connectivity index (χ1n) is 11.2. The lowest BCUT2D eigenvalue weighted by Gasteiger charge is -2.27. The normalized spacial score (nSPS) is 14.9. The molecule has 1 aliphatic heterocycles. The Labute approximate surface area is 196 Å². The number of amides is 1. The summed E-state index contributed by atoms with van der Waals surface area (Å²) in [5.74, 6) is 0.302. The third-order valence-corrected chi connectivity index (χ3v) is 7.51. The summed E-state index contributed by atoms with van der Waals surface area (Å²) in [6.07, 6.45) is 0.510. The summed E-state index contributed by atoms with van der Waals surface area (Å²) in [5, 5.41) is 2.86. The molecule has 1 saturated heterocycles. The van der Waals surface area contributed by atoms with Crippen LogP contribution in [0.3, 0.4) is 0 Å². The highest BCUT2D eigenvalue weighted by molar-refractivity contribution is 7.89. The third kappa shape index (κ3) is 7.26. The third-order valence-electron chi connectivity index (χ3n) is 5.67. The van der Waals surface area contributed by atoms with E-state index in [0.717, 1.165) is 24.2 Å². The molecule has 0 aromatic heterocycles. The molecule has 0 unspecified atom stereocenters. The van der Waals surface area contributed by atoms with E-state index in [0.29, 0.717) is 38.5 Å². The highest BCUT2D eigenvalue weighted by Crippen LogP contribution is 2.24. The van der Waals surface area contributed by atoms with Gasteiger partial charge in [-0.2, -0.15) is 4.31 Å². The van der Waals surface area contributed by atoms with Crippen LogP contribution in [-0.2, 0) is 26.0 Å². The van der Waals surface area contributed by atoms with Crippen LogP contribution >= 0.6 is 0 Å². The number of aryl methyl sites for hydroxylation is 1. The first kappa shape index (κ1) is 25.2. The molecular formula is C24H33N3O5S. The zero-order valence-electron chi connectivity index (χ0n) is 19.3. The molecule has 2 aromatic carbocycles. The molecule has 180 valence electrons. The van der Waals surface area contributed by atoms with Crippen LogP contribution in [0.5, 0.6) is 5.75 Å². The number of carbonyl (C=O) groups is 1. The van der Waals surface area contributed by atoms with Crippen molar-refractivity contribution in [1.29, 1.82) is 0 Å². The monoisotopic (exact) mass is 475 g/mol. The number of morpholine rings is 1. The molecule has 0 radical (unpaired) electrons. The quantitative estimate of drug-likeness (QED) is 0.532. The van der Waals surface area contributed by atoms with Crippen molar-refractivity contribution >= 4 is 15.9 Å². The highest BCUT2D eigenvalue weighted by Gasteiger charge is 2.27. The van der Waals surface area contributed by atoms with E-state index >= 15 is 0 Å². The number of nitrogens with zero attached hydrogens (tertiary/aromatic N) is 2. The molecule has 9 heteroatoms. The van der Waals surface area contributed by atoms with E-state index in [4.69, 9.17) is 9.47 Å². The number of carbonyl (C=O) groups excluding carboxylic acids is 1. The molecule has 1 amide bonds. The van der Waals surface area contributed by atoms with Crippen LogP contribution in [0.25, 0.3) is 0 Å². The Hall–Kier alpha value is -2.46. The van der Waals surface area contributed by atoms with Crippen molar-refractivity contribution in [2.75, 3.05) is 59.6 Å². The van der Waals surface area contributed by atoms with Gasteiger partial charge in [0.25, 0.3) is 0 Å².